The highest BCUT2D eigenvalue weighted by Gasteiger charge is 2.11. The summed E-state index contributed by atoms with van der Waals surface area (Å²) in [5.41, 5.74) is -0.176. The second kappa shape index (κ2) is 3.53. The molecule has 0 unspecified atom stereocenters. The Labute approximate surface area is 72.8 Å². The van der Waals surface area contributed by atoms with Crippen molar-refractivity contribution in [1.82, 2.24) is 4.98 Å². The second-order valence-corrected chi connectivity index (χ2v) is 2.13. The van der Waals surface area contributed by atoms with Crippen molar-refractivity contribution in [2.75, 3.05) is 5.32 Å². The summed E-state index contributed by atoms with van der Waals surface area (Å²) in [6, 6.07) is 2.68. The van der Waals surface area contributed by atoms with Gasteiger partial charge in [-0.05, 0) is 12.1 Å². The van der Waals surface area contributed by atoms with Crippen molar-refractivity contribution in [3.05, 3.63) is 23.9 Å². The largest absolute Gasteiger partial charge is 0.478 e. The average Bonchev–Trinajstić information content (AvgIpc) is 2.03. The number of carboxylic acids is 1. The third-order valence-electron chi connectivity index (χ3n) is 1.26. The highest BCUT2D eigenvalue weighted by atomic mass is 16.4. The summed E-state index contributed by atoms with van der Waals surface area (Å²) in [5, 5.41) is 18.8. The number of pyridine rings is 1. The predicted molar refractivity (Wildman–Crippen MR) is 42.8 cm³/mol. The van der Waals surface area contributed by atoms with Gasteiger partial charge in [-0.2, -0.15) is 0 Å². The lowest BCUT2D eigenvalue weighted by molar-refractivity contribution is 0.0697. The van der Waals surface area contributed by atoms with Gasteiger partial charge in [0.1, 0.15) is 11.4 Å². The zero-order valence-corrected chi connectivity index (χ0v) is 6.39. The first-order valence-corrected chi connectivity index (χ1v) is 3.29. The third kappa shape index (κ3) is 2.16. The summed E-state index contributed by atoms with van der Waals surface area (Å²) in [6.07, 6.45) is -0.0428. The van der Waals surface area contributed by atoms with Crippen LogP contribution in [0.15, 0.2) is 18.3 Å². The normalized spacial score (nSPS) is 9.23. The van der Waals surface area contributed by atoms with E-state index in [9.17, 15) is 9.59 Å². The Balaban J connectivity index is 3.04. The highest BCUT2D eigenvalue weighted by Crippen LogP contribution is 2.10. The van der Waals surface area contributed by atoms with Gasteiger partial charge in [0, 0.05) is 6.20 Å². The zero-order chi connectivity index (χ0) is 9.84. The van der Waals surface area contributed by atoms with Gasteiger partial charge in [0.05, 0.1) is 0 Å². The Kier molecular flexibility index (Phi) is 2.44. The summed E-state index contributed by atoms with van der Waals surface area (Å²) in [5.74, 6) is -1.40. The van der Waals surface area contributed by atoms with E-state index in [1.807, 2.05) is 5.32 Å². The van der Waals surface area contributed by atoms with Crippen molar-refractivity contribution in [3.63, 3.8) is 0 Å². The lowest BCUT2D eigenvalue weighted by atomic mass is 10.2. The number of amides is 1. The van der Waals surface area contributed by atoms with E-state index in [-0.39, 0.29) is 11.4 Å². The van der Waals surface area contributed by atoms with E-state index in [1.54, 1.807) is 0 Å². The summed E-state index contributed by atoms with van der Waals surface area (Å²) in [7, 11) is 0. The molecule has 3 N–H and O–H groups in total. The number of hydrogen-bond donors (Lipinski definition) is 3. The van der Waals surface area contributed by atoms with Crippen LogP contribution in [0.1, 0.15) is 10.4 Å². The van der Waals surface area contributed by atoms with Crippen LogP contribution in [0.25, 0.3) is 0 Å². The van der Waals surface area contributed by atoms with E-state index in [2.05, 4.69) is 4.98 Å². The Morgan fingerprint density at radius 3 is 2.62 bits per heavy atom. The van der Waals surface area contributed by atoms with Crippen molar-refractivity contribution >= 4 is 17.9 Å². The highest BCUT2D eigenvalue weighted by molar-refractivity contribution is 5.96. The fourth-order valence-electron chi connectivity index (χ4n) is 0.779. The first kappa shape index (κ1) is 8.98. The molecule has 1 amide bonds. The Bertz CT molecular complexity index is 350. The quantitative estimate of drug-likeness (QED) is 0.630. The van der Waals surface area contributed by atoms with E-state index in [0.717, 1.165) is 0 Å². The lowest BCUT2D eigenvalue weighted by Gasteiger charge is -2.02. The molecule has 1 aromatic heterocycles. The van der Waals surface area contributed by atoms with Gasteiger partial charge in [0.25, 0.3) is 0 Å². The fourth-order valence-corrected chi connectivity index (χ4v) is 0.779. The third-order valence-corrected chi connectivity index (χ3v) is 1.26. The van der Waals surface area contributed by atoms with Crippen LogP contribution >= 0.6 is 0 Å². The minimum absolute atomic E-state index is 0.176. The van der Waals surface area contributed by atoms with Crippen LogP contribution in [0.3, 0.4) is 0 Å². The van der Waals surface area contributed by atoms with E-state index < -0.39 is 12.1 Å². The van der Waals surface area contributed by atoms with Gasteiger partial charge >= 0.3 is 12.1 Å². The molecule has 0 saturated carbocycles. The van der Waals surface area contributed by atoms with Crippen LogP contribution in [0.4, 0.5) is 10.6 Å². The molecule has 0 fully saturated rings. The summed E-state index contributed by atoms with van der Waals surface area (Å²) >= 11 is 0. The van der Waals surface area contributed by atoms with Crippen molar-refractivity contribution in [1.29, 1.82) is 0 Å². The smallest absolute Gasteiger partial charge is 0.410 e. The molecule has 13 heavy (non-hydrogen) atoms. The molecule has 0 atom stereocenters. The number of hydrogen-bond acceptors (Lipinski definition) is 3. The van der Waals surface area contributed by atoms with Crippen LogP contribution < -0.4 is 5.32 Å². The molecule has 1 heterocycles. The minimum Gasteiger partial charge on any atom is -0.478 e. The number of nitrogens with one attached hydrogen (secondary N) is 1. The van der Waals surface area contributed by atoms with E-state index in [4.69, 9.17) is 10.2 Å². The fraction of sp³-hybridized carbons (Fsp3) is 0. The monoisotopic (exact) mass is 182 g/mol. The first-order chi connectivity index (χ1) is 6.11. The topological polar surface area (TPSA) is 99.5 Å². The summed E-state index contributed by atoms with van der Waals surface area (Å²) in [4.78, 5) is 24.3. The predicted octanol–water partition coefficient (Wildman–Crippen LogP) is 0.870. The number of aromatic carboxylic acids is 1. The van der Waals surface area contributed by atoms with Crippen LogP contribution in [0.5, 0.6) is 0 Å². The van der Waals surface area contributed by atoms with Crippen LogP contribution in [0, 0.1) is 0 Å². The number of anilines is 1. The molecule has 0 aromatic carbocycles. The average molecular weight is 182 g/mol. The SMILES string of the molecule is O=C(O)Nc1ncccc1C(=O)O. The molecule has 0 aliphatic rings. The zero-order valence-electron chi connectivity index (χ0n) is 6.39. The summed E-state index contributed by atoms with van der Waals surface area (Å²) < 4.78 is 0. The number of rotatable bonds is 2. The number of carbonyl (C=O) groups is 2. The van der Waals surface area contributed by atoms with E-state index >= 15 is 0 Å². The first-order valence-electron chi connectivity index (χ1n) is 3.29. The molecule has 0 aliphatic carbocycles. The molecular weight excluding hydrogens is 176 g/mol. The molecule has 1 aromatic rings. The van der Waals surface area contributed by atoms with E-state index in [0.29, 0.717) is 0 Å². The van der Waals surface area contributed by atoms with Gasteiger partial charge in [0.2, 0.25) is 0 Å². The molecule has 0 spiro atoms. The number of carboxylic acid groups (broad SMARTS) is 2. The van der Waals surface area contributed by atoms with Crippen molar-refractivity contribution in [2.24, 2.45) is 0 Å². The number of nitrogens with zero attached hydrogens (tertiary/aromatic N) is 1. The van der Waals surface area contributed by atoms with Crippen molar-refractivity contribution < 1.29 is 19.8 Å². The number of aromatic nitrogens is 1. The molecule has 0 bridgehead atoms. The van der Waals surface area contributed by atoms with Crippen molar-refractivity contribution in [3.8, 4) is 0 Å². The maximum atomic E-state index is 10.5. The van der Waals surface area contributed by atoms with Crippen LogP contribution in [-0.4, -0.2) is 27.3 Å². The maximum absolute atomic E-state index is 10.5. The van der Waals surface area contributed by atoms with Crippen LogP contribution in [-0.2, 0) is 0 Å². The van der Waals surface area contributed by atoms with Gasteiger partial charge in [-0.3, -0.25) is 5.32 Å². The van der Waals surface area contributed by atoms with Gasteiger partial charge in [-0.15, -0.1) is 0 Å². The van der Waals surface area contributed by atoms with Gasteiger partial charge in [-0.1, -0.05) is 0 Å². The molecule has 6 heteroatoms. The molecule has 0 radical (unpaired) electrons. The van der Waals surface area contributed by atoms with Crippen LogP contribution in [0.2, 0.25) is 0 Å². The molecule has 1 rings (SSSR count). The van der Waals surface area contributed by atoms with Crippen molar-refractivity contribution in [2.45, 2.75) is 0 Å². The summed E-state index contributed by atoms with van der Waals surface area (Å²) in [6.45, 7) is 0. The molecule has 0 aliphatic heterocycles. The standard InChI is InChI=1S/C7H6N2O4/c10-6(11)4-2-1-3-8-5(4)9-7(12)13/h1-3H,(H,8,9)(H,10,11)(H,12,13). The van der Waals surface area contributed by atoms with Gasteiger partial charge < -0.3 is 10.2 Å². The molecule has 68 valence electrons. The molecule has 6 nitrogen and oxygen atoms in total. The lowest BCUT2D eigenvalue weighted by Crippen LogP contribution is -2.12. The molecule has 0 saturated heterocycles. The minimum atomic E-state index is -1.35. The Morgan fingerprint density at radius 2 is 2.08 bits per heavy atom. The molecular formula is C7H6N2O4. The van der Waals surface area contributed by atoms with Gasteiger partial charge in [-0.25, -0.2) is 14.6 Å². The maximum Gasteiger partial charge on any atom is 0.410 e. The van der Waals surface area contributed by atoms with E-state index in [1.165, 1.54) is 18.3 Å². The second-order valence-electron chi connectivity index (χ2n) is 2.13. The van der Waals surface area contributed by atoms with Gasteiger partial charge in [0.15, 0.2) is 0 Å². The Hall–Kier alpha value is -2.11. The Morgan fingerprint density at radius 1 is 1.38 bits per heavy atom.